The molecule has 132 valence electrons. The summed E-state index contributed by atoms with van der Waals surface area (Å²) in [6.45, 7) is 0. The molecule has 0 bridgehead atoms. The molecular weight excluding hydrogens is 323 g/mol. The molecular formula is C17H20F3NO3. The number of nitrogens with one attached hydrogen (secondary N) is 1. The second-order valence-electron chi connectivity index (χ2n) is 6.28. The number of carboxylic acid groups (broad SMARTS) is 1. The first-order valence-corrected chi connectivity index (χ1v) is 7.91. The van der Waals surface area contributed by atoms with E-state index in [4.69, 9.17) is 5.11 Å². The highest BCUT2D eigenvalue weighted by Gasteiger charge is 2.41. The van der Waals surface area contributed by atoms with Gasteiger partial charge in [-0.2, -0.15) is 13.2 Å². The van der Waals surface area contributed by atoms with Crippen molar-refractivity contribution in [3.8, 4) is 0 Å². The van der Waals surface area contributed by atoms with E-state index >= 15 is 0 Å². The fraction of sp³-hybridized carbons (Fsp3) is 0.529. The lowest BCUT2D eigenvalue weighted by molar-refractivity contribution is -0.184. The van der Waals surface area contributed by atoms with Crippen LogP contribution in [0.15, 0.2) is 24.3 Å². The number of carbonyl (C=O) groups is 2. The number of benzene rings is 1. The molecule has 0 heterocycles. The van der Waals surface area contributed by atoms with Crippen LogP contribution in [-0.4, -0.2) is 23.2 Å². The van der Waals surface area contributed by atoms with Crippen molar-refractivity contribution in [3.63, 3.8) is 0 Å². The average Bonchev–Trinajstić information content (AvgIpc) is 2.48. The van der Waals surface area contributed by atoms with Gasteiger partial charge in [-0.1, -0.05) is 12.1 Å². The Kier molecular flexibility index (Phi) is 5.85. The van der Waals surface area contributed by atoms with Crippen LogP contribution in [0.2, 0.25) is 0 Å². The molecule has 1 aliphatic rings. The number of aliphatic carboxylic acids is 1. The second kappa shape index (κ2) is 7.68. The number of hydrogen-bond acceptors (Lipinski definition) is 2. The van der Waals surface area contributed by atoms with Crippen LogP contribution in [0, 0.1) is 11.8 Å². The minimum atomic E-state index is -4.13. The summed E-state index contributed by atoms with van der Waals surface area (Å²) >= 11 is 0. The van der Waals surface area contributed by atoms with E-state index < -0.39 is 18.1 Å². The van der Waals surface area contributed by atoms with Crippen LogP contribution < -0.4 is 5.32 Å². The maximum atomic E-state index is 12.6. The summed E-state index contributed by atoms with van der Waals surface area (Å²) in [6, 6.07) is 6.49. The Hall–Kier alpha value is -2.05. The zero-order valence-electron chi connectivity index (χ0n) is 13.1. The quantitative estimate of drug-likeness (QED) is 0.849. The molecule has 0 aromatic heterocycles. The fourth-order valence-electron chi connectivity index (χ4n) is 3.05. The molecule has 0 atom stereocenters. The fourth-order valence-corrected chi connectivity index (χ4v) is 3.05. The third kappa shape index (κ3) is 5.54. The average molecular weight is 343 g/mol. The van der Waals surface area contributed by atoms with Crippen LogP contribution in [-0.2, 0) is 16.0 Å². The molecule has 4 nitrogen and oxygen atoms in total. The minimum absolute atomic E-state index is 0.0186. The van der Waals surface area contributed by atoms with Crippen molar-refractivity contribution in [3.05, 3.63) is 29.8 Å². The zero-order chi connectivity index (χ0) is 17.7. The van der Waals surface area contributed by atoms with E-state index in [1.54, 1.807) is 24.3 Å². The van der Waals surface area contributed by atoms with E-state index in [0.717, 1.165) is 0 Å². The van der Waals surface area contributed by atoms with Gasteiger partial charge in [0.1, 0.15) is 0 Å². The number of anilines is 1. The van der Waals surface area contributed by atoms with Gasteiger partial charge in [0, 0.05) is 12.1 Å². The van der Waals surface area contributed by atoms with Crippen molar-refractivity contribution >= 4 is 17.6 Å². The normalized spacial score (nSPS) is 21.3. The topological polar surface area (TPSA) is 66.4 Å². The van der Waals surface area contributed by atoms with Gasteiger partial charge in [-0.25, -0.2) is 0 Å². The number of hydrogen-bond donors (Lipinski definition) is 2. The van der Waals surface area contributed by atoms with Gasteiger partial charge in [-0.3, -0.25) is 9.59 Å². The molecule has 1 aromatic carbocycles. The highest BCUT2D eigenvalue weighted by molar-refractivity contribution is 5.90. The van der Waals surface area contributed by atoms with E-state index in [0.29, 0.717) is 24.1 Å². The summed E-state index contributed by atoms with van der Waals surface area (Å²) < 4.78 is 37.8. The first-order chi connectivity index (χ1) is 11.2. The molecule has 0 radical (unpaired) electrons. The Labute approximate surface area is 138 Å². The Morgan fingerprint density at radius 2 is 1.67 bits per heavy atom. The summed E-state index contributed by atoms with van der Waals surface area (Å²) in [5.41, 5.74) is 1.18. The van der Waals surface area contributed by atoms with Gasteiger partial charge in [0.05, 0.1) is 12.3 Å². The lowest BCUT2D eigenvalue weighted by atomic mass is 9.80. The van der Waals surface area contributed by atoms with Crippen molar-refractivity contribution in [2.24, 2.45) is 11.8 Å². The molecule has 7 heteroatoms. The van der Waals surface area contributed by atoms with Crippen LogP contribution in [0.25, 0.3) is 0 Å². The smallest absolute Gasteiger partial charge is 0.391 e. The molecule has 0 spiro atoms. The standard InChI is InChI=1S/C17H20F3NO3/c18-17(19,20)13-5-1-11(2-6-13)9-15(22)21-14-7-3-12(4-8-14)10-16(23)24/h3-4,7-8,11,13H,1-2,5-6,9-10H2,(H,21,22)(H,23,24). The Morgan fingerprint density at radius 3 is 2.17 bits per heavy atom. The molecule has 0 unspecified atom stereocenters. The van der Waals surface area contributed by atoms with Crippen molar-refractivity contribution in [1.29, 1.82) is 0 Å². The predicted octanol–water partition coefficient (Wildman–Crippen LogP) is 4.01. The van der Waals surface area contributed by atoms with Crippen LogP contribution >= 0.6 is 0 Å². The number of carbonyl (C=O) groups excluding carboxylic acids is 1. The molecule has 2 N–H and O–H groups in total. The number of halogens is 3. The maximum absolute atomic E-state index is 12.6. The molecule has 1 amide bonds. The van der Waals surface area contributed by atoms with Crippen molar-refractivity contribution < 1.29 is 27.9 Å². The second-order valence-corrected chi connectivity index (χ2v) is 6.28. The van der Waals surface area contributed by atoms with Crippen LogP contribution in [0.5, 0.6) is 0 Å². The first-order valence-electron chi connectivity index (χ1n) is 7.91. The van der Waals surface area contributed by atoms with Gasteiger partial charge in [-0.15, -0.1) is 0 Å². The highest BCUT2D eigenvalue weighted by Crippen LogP contribution is 2.40. The summed E-state index contributed by atoms with van der Waals surface area (Å²) in [6.07, 6.45) is -3.01. The SMILES string of the molecule is O=C(O)Cc1ccc(NC(=O)CC2CCC(C(F)(F)F)CC2)cc1. The third-order valence-electron chi connectivity index (χ3n) is 4.38. The number of alkyl halides is 3. The van der Waals surface area contributed by atoms with E-state index in [-0.39, 0.29) is 37.5 Å². The van der Waals surface area contributed by atoms with Gasteiger partial charge in [-0.05, 0) is 49.3 Å². The molecule has 24 heavy (non-hydrogen) atoms. The largest absolute Gasteiger partial charge is 0.481 e. The van der Waals surface area contributed by atoms with Gasteiger partial charge in [0.2, 0.25) is 5.91 Å². The lowest BCUT2D eigenvalue weighted by Crippen LogP contribution is -2.29. The Morgan fingerprint density at radius 1 is 1.08 bits per heavy atom. The van der Waals surface area contributed by atoms with Gasteiger partial charge >= 0.3 is 12.1 Å². The predicted molar refractivity (Wildman–Crippen MR) is 82.5 cm³/mol. The van der Waals surface area contributed by atoms with E-state index in [1.165, 1.54) is 0 Å². The van der Waals surface area contributed by atoms with Crippen molar-refractivity contribution in [2.45, 2.75) is 44.7 Å². The van der Waals surface area contributed by atoms with Crippen LogP contribution in [0.3, 0.4) is 0 Å². The molecule has 1 aliphatic carbocycles. The highest BCUT2D eigenvalue weighted by atomic mass is 19.4. The summed E-state index contributed by atoms with van der Waals surface area (Å²) in [4.78, 5) is 22.6. The van der Waals surface area contributed by atoms with E-state index in [2.05, 4.69) is 5.32 Å². The maximum Gasteiger partial charge on any atom is 0.391 e. The van der Waals surface area contributed by atoms with E-state index in [1.807, 2.05) is 0 Å². The zero-order valence-corrected chi connectivity index (χ0v) is 13.1. The third-order valence-corrected chi connectivity index (χ3v) is 4.38. The minimum Gasteiger partial charge on any atom is -0.481 e. The van der Waals surface area contributed by atoms with Crippen molar-refractivity contribution in [1.82, 2.24) is 0 Å². The Balaban J connectivity index is 1.78. The van der Waals surface area contributed by atoms with E-state index in [9.17, 15) is 22.8 Å². The molecule has 0 aliphatic heterocycles. The molecule has 0 saturated heterocycles. The summed E-state index contributed by atoms with van der Waals surface area (Å²) in [7, 11) is 0. The molecule has 2 rings (SSSR count). The monoisotopic (exact) mass is 343 g/mol. The summed E-state index contributed by atoms with van der Waals surface area (Å²) in [5, 5.41) is 11.4. The lowest BCUT2D eigenvalue weighted by Gasteiger charge is -2.29. The van der Waals surface area contributed by atoms with Gasteiger partial charge in [0.15, 0.2) is 0 Å². The summed E-state index contributed by atoms with van der Waals surface area (Å²) in [5.74, 6) is -2.41. The van der Waals surface area contributed by atoms with Crippen molar-refractivity contribution in [2.75, 3.05) is 5.32 Å². The molecule has 1 fully saturated rings. The number of amides is 1. The molecule has 1 aromatic rings. The Bertz CT molecular complexity index is 576. The first kappa shape index (κ1) is 18.3. The number of rotatable bonds is 5. The van der Waals surface area contributed by atoms with Gasteiger partial charge < -0.3 is 10.4 Å². The van der Waals surface area contributed by atoms with Gasteiger partial charge in [0.25, 0.3) is 0 Å². The molecule has 1 saturated carbocycles. The van der Waals surface area contributed by atoms with Crippen LogP contribution in [0.4, 0.5) is 18.9 Å². The number of carboxylic acids is 1. The van der Waals surface area contributed by atoms with Crippen LogP contribution in [0.1, 0.15) is 37.7 Å².